The Kier molecular flexibility index (Phi) is 3.12. The van der Waals surface area contributed by atoms with Gasteiger partial charge in [-0.15, -0.1) is 0 Å². The second-order valence-electron chi connectivity index (χ2n) is 4.70. The Morgan fingerprint density at radius 3 is 2.56 bits per heavy atom. The van der Waals surface area contributed by atoms with Gasteiger partial charge >= 0.3 is 5.97 Å². The molecule has 2 rings (SSSR count). The Bertz CT molecular complexity index is 439. The summed E-state index contributed by atoms with van der Waals surface area (Å²) in [6.45, 7) is 3.31. The number of aliphatic hydroxyl groups is 2. The quantitative estimate of drug-likeness (QED) is 0.506. The Morgan fingerprint density at radius 1 is 1.39 bits per heavy atom. The van der Waals surface area contributed by atoms with Crippen LogP contribution in [0.25, 0.3) is 0 Å². The highest BCUT2D eigenvalue weighted by Gasteiger charge is 2.65. The molecule has 0 aromatic carbocycles. The second kappa shape index (κ2) is 4.33. The topological polar surface area (TPSA) is 83.8 Å². The number of carbonyl (C=O) groups excluding carboxylic acids is 2. The number of ether oxygens (including phenoxy) is 1. The molecular weight excluding hydrogens is 236 g/mol. The molecule has 98 valence electrons. The van der Waals surface area contributed by atoms with Crippen molar-refractivity contribution in [3.05, 3.63) is 24.3 Å². The van der Waals surface area contributed by atoms with Crippen molar-refractivity contribution in [1.82, 2.24) is 0 Å². The van der Waals surface area contributed by atoms with Crippen molar-refractivity contribution in [3.63, 3.8) is 0 Å². The van der Waals surface area contributed by atoms with Gasteiger partial charge in [0.05, 0.1) is 0 Å². The number of ketones is 1. The molecule has 0 radical (unpaired) electrons. The van der Waals surface area contributed by atoms with Crippen molar-refractivity contribution < 1.29 is 24.5 Å². The van der Waals surface area contributed by atoms with Gasteiger partial charge in [-0.2, -0.15) is 0 Å². The summed E-state index contributed by atoms with van der Waals surface area (Å²) in [5.41, 5.74) is -1.61. The van der Waals surface area contributed by atoms with Crippen molar-refractivity contribution >= 4 is 11.8 Å². The first-order valence-corrected chi connectivity index (χ1v) is 5.88. The zero-order chi connectivity index (χ0) is 13.5. The van der Waals surface area contributed by atoms with Gasteiger partial charge in [-0.1, -0.05) is 18.2 Å². The fraction of sp³-hybridized carbons (Fsp3) is 0.538. The summed E-state index contributed by atoms with van der Waals surface area (Å²) in [6, 6.07) is 0. The largest absolute Gasteiger partial charge is 0.459 e. The number of hydrogen-bond acceptors (Lipinski definition) is 5. The van der Waals surface area contributed by atoms with Gasteiger partial charge in [0.15, 0.2) is 5.78 Å². The zero-order valence-electron chi connectivity index (χ0n) is 10.2. The van der Waals surface area contributed by atoms with Gasteiger partial charge in [-0.3, -0.25) is 9.59 Å². The highest BCUT2D eigenvalue weighted by Crippen LogP contribution is 2.47. The number of allylic oxidation sites excluding steroid dienone is 3. The molecule has 2 N–H and O–H groups in total. The molecule has 1 spiro atoms. The average molecular weight is 252 g/mol. The molecule has 0 bridgehead atoms. The van der Waals surface area contributed by atoms with Gasteiger partial charge in [0.1, 0.15) is 23.7 Å². The summed E-state index contributed by atoms with van der Waals surface area (Å²) in [5.74, 6) is -1.86. The van der Waals surface area contributed by atoms with Crippen LogP contribution in [0.2, 0.25) is 0 Å². The molecule has 1 heterocycles. The molecule has 0 unspecified atom stereocenters. The van der Waals surface area contributed by atoms with E-state index in [1.54, 1.807) is 26.0 Å². The molecule has 1 saturated heterocycles. The third kappa shape index (κ3) is 1.47. The van der Waals surface area contributed by atoms with E-state index in [0.29, 0.717) is 0 Å². The van der Waals surface area contributed by atoms with E-state index < -0.39 is 41.4 Å². The van der Waals surface area contributed by atoms with Crippen molar-refractivity contribution in [2.45, 2.75) is 32.2 Å². The summed E-state index contributed by atoms with van der Waals surface area (Å²) in [5, 5.41) is 20.3. The molecule has 1 fully saturated rings. The summed E-state index contributed by atoms with van der Waals surface area (Å²) < 4.78 is 4.99. The second-order valence-corrected chi connectivity index (χ2v) is 4.70. The number of esters is 1. The van der Waals surface area contributed by atoms with Crippen LogP contribution in [-0.4, -0.2) is 40.3 Å². The zero-order valence-corrected chi connectivity index (χ0v) is 10.2. The lowest BCUT2D eigenvalue weighted by molar-refractivity contribution is -0.162. The van der Waals surface area contributed by atoms with Crippen LogP contribution in [0, 0.1) is 11.3 Å². The van der Waals surface area contributed by atoms with Crippen molar-refractivity contribution in [2.75, 3.05) is 0 Å². The molecule has 2 aliphatic rings. The van der Waals surface area contributed by atoms with E-state index in [2.05, 4.69) is 0 Å². The number of carbonyl (C=O) groups is 2. The lowest BCUT2D eigenvalue weighted by Gasteiger charge is -2.38. The minimum absolute atomic E-state index is 0.553. The first kappa shape index (κ1) is 13.0. The molecule has 1 aliphatic carbocycles. The van der Waals surface area contributed by atoms with Crippen LogP contribution in [0.4, 0.5) is 0 Å². The predicted molar refractivity (Wildman–Crippen MR) is 62.5 cm³/mol. The van der Waals surface area contributed by atoms with Gasteiger partial charge < -0.3 is 14.9 Å². The molecule has 0 amide bonds. The van der Waals surface area contributed by atoms with E-state index >= 15 is 0 Å². The fourth-order valence-corrected chi connectivity index (χ4v) is 2.75. The van der Waals surface area contributed by atoms with E-state index in [-0.39, 0.29) is 0 Å². The average Bonchev–Trinajstić information content (AvgIpc) is 2.54. The van der Waals surface area contributed by atoms with E-state index in [0.717, 1.165) is 0 Å². The SMILES string of the molecule is C/C=C/[C@@H]1C=CC(=O)[C@H](O)[C@]12C(=O)O[C@H](C)[C@@H]2O. The van der Waals surface area contributed by atoms with E-state index in [1.165, 1.54) is 12.2 Å². The molecule has 1 aliphatic heterocycles. The van der Waals surface area contributed by atoms with Crippen LogP contribution in [-0.2, 0) is 14.3 Å². The molecular formula is C13H16O5. The van der Waals surface area contributed by atoms with Crippen LogP contribution >= 0.6 is 0 Å². The lowest BCUT2D eigenvalue weighted by atomic mass is 9.63. The summed E-state index contributed by atoms with van der Waals surface area (Å²) in [4.78, 5) is 23.7. The van der Waals surface area contributed by atoms with Gasteiger partial charge in [0.25, 0.3) is 0 Å². The third-order valence-corrected chi connectivity index (χ3v) is 3.72. The van der Waals surface area contributed by atoms with Crippen LogP contribution in [0.3, 0.4) is 0 Å². The highest BCUT2D eigenvalue weighted by molar-refractivity contribution is 6.01. The maximum atomic E-state index is 12.1. The third-order valence-electron chi connectivity index (χ3n) is 3.72. The lowest BCUT2D eigenvalue weighted by Crippen LogP contribution is -2.57. The Balaban J connectivity index is 2.58. The Hall–Kier alpha value is -1.46. The van der Waals surface area contributed by atoms with Crippen LogP contribution < -0.4 is 0 Å². The highest BCUT2D eigenvalue weighted by atomic mass is 16.6. The molecule has 0 saturated carbocycles. The van der Waals surface area contributed by atoms with E-state index in [9.17, 15) is 19.8 Å². The van der Waals surface area contributed by atoms with Gasteiger partial charge in [0.2, 0.25) is 0 Å². The minimum Gasteiger partial charge on any atom is -0.459 e. The van der Waals surface area contributed by atoms with Crippen molar-refractivity contribution in [2.24, 2.45) is 11.3 Å². The first-order valence-electron chi connectivity index (χ1n) is 5.88. The first-order chi connectivity index (χ1) is 8.46. The summed E-state index contributed by atoms with van der Waals surface area (Å²) in [7, 11) is 0. The maximum Gasteiger partial charge on any atom is 0.319 e. The summed E-state index contributed by atoms with van der Waals surface area (Å²) >= 11 is 0. The van der Waals surface area contributed by atoms with E-state index in [4.69, 9.17) is 4.74 Å². The molecule has 5 heteroatoms. The van der Waals surface area contributed by atoms with Crippen molar-refractivity contribution in [1.29, 1.82) is 0 Å². The van der Waals surface area contributed by atoms with Gasteiger partial charge in [0, 0.05) is 5.92 Å². The molecule has 5 atom stereocenters. The smallest absolute Gasteiger partial charge is 0.319 e. The van der Waals surface area contributed by atoms with Crippen LogP contribution in [0.15, 0.2) is 24.3 Å². The Labute approximate surface area is 105 Å². The van der Waals surface area contributed by atoms with Crippen LogP contribution in [0.5, 0.6) is 0 Å². The number of aliphatic hydroxyl groups excluding tert-OH is 2. The molecule has 0 aromatic rings. The number of cyclic esters (lactones) is 1. The summed E-state index contributed by atoms with van der Waals surface area (Å²) in [6.07, 6.45) is 2.63. The number of hydrogen-bond donors (Lipinski definition) is 2. The monoisotopic (exact) mass is 252 g/mol. The number of rotatable bonds is 1. The van der Waals surface area contributed by atoms with Gasteiger partial charge in [-0.25, -0.2) is 0 Å². The van der Waals surface area contributed by atoms with Crippen molar-refractivity contribution in [3.8, 4) is 0 Å². The fourth-order valence-electron chi connectivity index (χ4n) is 2.75. The predicted octanol–water partition coefficient (Wildman–Crippen LogP) is -0.0289. The van der Waals surface area contributed by atoms with Gasteiger partial charge in [-0.05, 0) is 19.9 Å². The normalized spacial score (nSPS) is 44.0. The van der Waals surface area contributed by atoms with Crippen LogP contribution in [0.1, 0.15) is 13.8 Å². The Morgan fingerprint density at radius 2 is 2.06 bits per heavy atom. The molecule has 0 aromatic heterocycles. The molecule has 5 nitrogen and oxygen atoms in total. The van der Waals surface area contributed by atoms with E-state index in [1.807, 2.05) is 0 Å². The molecule has 18 heavy (non-hydrogen) atoms. The maximum absolute atomic E-state index is 12.1. The standard InChI is InChI=1S/C13H16O5/c1-3-4-8-5-6-9(14)11(16)13(8)10(15)7(2)18-12(13)17/h3-8,10-11,15-16H,1-2H3/b4-3+/t7-,8-,10+,11+,13+/m1/s1. The minimum atomic E-state index is -1.61.